The van der Waals surface area contributed by atoms with Crippen LogP contribution in [-0.2, 0) is 14.3 Å². The predicted molar refractivity (Wildman–Crippen MR) is 142 cm³/mol. The van der Waals surface area contributed by atoms with E-state index in [0.29, 0.717) is 24.4 Å². The average Bonchev–Trinajstić information content (AvgIpc) is 3.23. The molecule has 2 aliphatic rings. The topological polar surface area (TPSA) is 80.2 Å². The fraction of sp³-hybridized carbons (Fsp3) is 0.321. The lowest BCUT2D eigenvalue weighted by molar-refractivity contribution is -0.143. The largest absolute Gasteiger partial charge is 0.492 e. The highest BCUT2D eigenvalue weighted by atomic mass is 32.2. The molecular weight excluding hydrogens is 474 g/mol. The van der Waals surface area contributed by atoms with Crippen LogP contribution < -0.4 is 10.1 Å². The summed E-state index contributed by atoms with van der Waals surface area (Å²) in [5, 5.41) is 5.60. The van der Waals surface area contributed by atoms with Crippen molar-refractivity contribution in [3.8, 4) is 5.75 Å². The molecule has 1 N–H and O–H groups in total. The molecule has 0 aliphatic carbocycles. The molecule has 8 heteroatoms. The van der Waals surface area contributed by atoms with Crippen LogP contribution in [0.2, 0.25) is 0 Å². The molecule has 0 saturated carbocycles. The predicted octanol–water partition coefficient (Wildman–Crippen LogP) is 5.11. The third-order valence-electron chi connectivity index (χ3n) is 5.73. The SMILES string of the molecule is CC1=C(C(=O)OC(C)C)C(c2ccc(C)cc2)N2C(CC(=O)NCCOc3ccccc3)=CSC2=N1. The maximum atomic E-state index is 13.2. The van der Waals surface area contributed by atoms with Gasteiger partial charge in [0.15, 0.2) is 5.17 Å². The molecule has 7 nitrogen and oxygen atoms in total. The number of amidine groups is 1. The maximum Gasteiger partial charge on any atom is 0.338 e. The van der Waals surface area contributed by atoms with E-state index in [-0.39, 0.29) is 18.4 Å². The molecule has 0 spiro atoms. The molecule has 0 aromatic heterocycles. The van der Waals surface area contributed by atoms with Gasteiger partial charge in [-0.1, -0.05) is 59.8 Å². The van der Waals surface area contributed by atoms with E-state index in [9.17, 15) is 9.59 Å². The Morgan fingerprint density at radius 3 is 2.50 bits per heavy atom. The van der Waals surface area contributed by atoms with E-state index in [1.807, 2.05) is 92.6 Å². The van der Waals surface area contributed by atoms with Gasteiger partial charge in [0.1, 0.15) is 12.4 Å². The Kier molecular flexibility index (Phi) is 8.15. The Morgan fingerprint density at radius 2 is 1.81 bits per heavy atom. The van der Waals surface area contributed by atoms with Crippen LogP contribution in [0.1, 0.15) is 44.4 Å². The van der Waals surface area contributed by atoms with Crippen molar-refractivity contribution in [2.75, 3.05) is 13.2 Å². The molecule has 0 saturated heterocycles. The first-order valence-corrected chi connectivity index (χ1v) is 12.9. The molecular formula is C28H31N3O4S. The Bertz CT molecular complexity index is 1200. The second-order valence-electron chi connectivity index (χ2n) is 8.95. The van der Waals surface area contributed by atoms with Crippen LogP contribution in [0, 0.1) is 6.92 Å². The second kappa shape index (κ2) is 11.5. The molecule has 4 rings (SSSR count). The highest BCUT2D eigenvalue weighted by Gasteiger charge is 2.41. The lowest BCUT2D eigenvalue weighted by Gasteiger charge is -2.36. The molecule has 2 aliphatic heterocycles. The summed E-state index contributed by atoms with van der Waals surface area (Å²) in [6.07, 6.45) is -0.0978. The summed E-state index contributed by atoms with van der Waals surface area (Å²) in [4.78, 5) is 32.7. The highest BCUT2D eigenvalue weighted by molar-refractivity contribution is 8.16. The molecule has 1 atom stereocenters. The number of thioether (sulfide) groups is 1. The quantitative estimate of drug-likeness (QED) is 0.377. The molecule has 1 unspecified atom stereocenters. The van der Waals surface area contributed by atoms with Gasteiger partial charge in [0.25, 0.3) is 0 Å². The fourth-order valence-corrected chi connectivity index (χ4v) is 5.04. The third-order valence-corrected chi connectivity index (χ3v) is 6.62. The summed E-state index contributed by atoms with van der Waals surface area (Å²) in [6.45, 7) is 8.28. The van der Waals surface area contributed by atoms with Crippen LogP contribution in [-0.4, -0.2) is 41.2 Å². The third kappa shape index (κ3) is 5.99. The summed E-state index contributed by atoms with van der Waals surface area (Å²) in [5.41, 5.74) is 3.96. The Hall–Kier alpha value is -3.52. The zero-order valence-corrected chi connectivity index (χ0v) is 21.8. The number of aliphatic imine (C=N–C) groups is 1. The molecule has 0 radical (unpaired) electrons. The number of carbonyl (C=O) groups is 2. The lowest BCUT2D eigenvalue weighted by Crippen LogP contribution is -2.38. The zero-order chi connectivity index (χ0) is 25.7. The van der Waals surface area contributed by atoms with Gasteiger partial charge in [0.05, 0.1) is 36.4 Å². The first-order valence-electron chi connectivity index (χ1n) is 12.0. The second-order valence-corrected chi connectivity index (χ2v) is 9.78. The Morgan fingerprint density at radius 1 is 1.08 bits per heavy atom. The van der Waals surface area contributed by atoms with E-state index < -0.39 is 12.0 Å². The minimum atomic E-state index is -0.431. The highest BCUT2D eigenvalue weighted by Crippen LogP contribution is 2.44. The minimum absolute atomic E-state index is 0.125. The van der Waals surface area contributed by atoms with Crippen molar-refractivity contribution in [1.29, 1.82) is 0 Å². The van der Waals surface area contributed by atoms with E-state index in [4.69, 9.17) is 14.5 Å². The summed E-state index contributed by atoms with van der Waals surface area (Å²) >= 11 is 1.46. The number of rotatable bonds is 9. The summed E-state index contributed by atoms with van der Waals surface area (Å²) < 4.78 is 11.3. The van der Waals surface area contributed by atoms with E-state index in [1.165, 1.54) is 11.8 Å². The summed E-state index contributed by atoms with van der Waals surface area (Å²) in [7, 11) is 0. The first-order chi connectivity index (χ1) is 17.3. The van der Waals surface area contributed by atoms with Crippen molar-refractivity contribution >= 4 is 28.8 Å². The van der Waals surface area contributed by atoms with Crippen molar-refractivity contribution in [2.24, 2.45) is 4.99 Å². The number of esters is 1. The van der Waals surface area contributed by atoms with E-state index in [2.05, 4.69) is 5.32 Å². The zero-order valence-electron chi connectivity index (χ0n) is 21.0. The molecule has 1 amide bonds. The molecule has 188 valence electrons. The number of allylic oxidation sites excluding steroid dienone is 1. The fourth-order valence-electron chi connectivity index (χ4n) is 4.08. The van der Waals surface area contributed by atoms with Gasteiger partial charge in [-0.15, -0.1) is 0 Å². The average molecular weight is 506 g/mol. The number of hydrogen-bond acceptors (Lipinski definition) is 7. The van der Waals surface area contributed by atoms with E-state index in [0.717, 1.165) is 27.7 Å². The first kappa shape index (κ1) is 25.6. The van der Waals surface area contributed by atoms with Crippen molar-refractivity contribution in [2.45, 2.75) is 46.3 Å². The lowest BCUT2D eigenvalue weighted by atomic mass is 9.93. The number of nitrogens with one attached hydrogen (secondary N) is 1. The Balaban J connectivity index is 1.50. The normalized spacial score (nSPS) is 16.9. The molecule has 2 heterocycles. The van der Waals surface area contributed by atoms with E-state index >= 15 is 0 Å². The number of benzene rings is 2. The smallest absolute Gasteiger partial charge is 0.338 e. The number of para-hydroxylation sites is 1. The standard InChI is InChI=1S/C28H31N3O4S/c1-18(2)35-27(33)25-20(4)30-28-31(26(25)21-12-10-19(3)11-13-21)22(17-36-28)16-24(32)29-14-15-34-23-8-6-5-7-9-23/h5-13,17-18,26H,14-16H2,1-4H3,(H,29,32). The van der Waals surface area contributed by atoms with Crippen LogP contribution in [0.5, 0.6) is 5.75 Å². The minimum Gasteiger partial charge on any atom is -0.492 e. The number of nitrogens with zero attached hydrogens (tertiary/aromatic N) is 2. The van der Waals surface area contributed by atoms with Gasteiger partial charge >= 0.3 is 5.97 Å². The molecule has 0 bridgehead atoms. The number of amides is 1. The van der Waals surface area contributed by atoms with E-state index in [1.54, 1.807) is 0 Å². The molecule has 2 aromatic rings. The summed E-state index contributed by atoms with van der Waals surface area (Å²) in [6, 6.07) is 17.1. The van der Waals surface area contributed by atoms with Gasteiger partial charge in [0, 0.05) is 5.70 Å². The number of fused-ring (bicyclic) bond motifs is 1. The van der Waals surface area contributed by atoms with Crippen molar-refractivity contribution in [3.63, 3.8) is 0 Å². The van der Waals surface area contributed by atoms with Gasteiger partial charge < -0.3 is 19.7 Å². The maximum absolute atomic E-state index is 13.2. The molecule has 0 fully saturated rings. The van der Waals surface area contributed by atoms with Crippen LogP contribution in [0.3, 0.4) is 0 Å². The van der Waals surface area contributed by atoms with Gasteiger partial charge in [0.2, 0.25) is 5.91 Å². The van der Waals surface area contributed by atoms with Crippen molar-refractivity contribution < 1.29 is 19.1 Å². The van der Waals surface area contributed by atoms with Crippen LogP contribution in [0.25, 0.3) is 0 Å². The van der Waals surface area contributed by atoms with Gasteiger partial charge in [-0.05, 0) is 50.8 Å². The summed E-state index contributed by atoms with van der Waals surface area (Å²) in [5.74, 6) is 0.245. The molecule has 36 heavy (non-hydrogen) atoms. The number of carbonyl (C=O) groups excluding carboxylic acids is 2. The van der Waals surface area contributed by atoms with Crippen LogP contribution in [0.15, 0.2) is 82.0 Å². The number of aryl methyl sites for hydroxylation is 1. The van der Waals surface area contributed by atoms with Crippen LogP contribution >= 0.6 is 11.8 Å². The Labute approximate surface area is 216 Å². The van der Waals surface area contributed by atoms with Gasteiger partial charge in [-0.25, -0.2) is 9.79 Å². The van der Waals surface area contributed by atoms with Crippen LogP contribution in [0.4, 0.5) is 0 Å². The number of hydrogen-bond donors (Lipinski definition) is 1. The van der Waals surface area contributed by atoms with Gasteiger partial charge in [-0.3, -0.25) is 4.79 Å². The van der Waals surface area contributed by atoms with Crippen molar-refractivity contribution in [3.05, 3.63) is 88.1 Å². The van der Waals surface area contributed by atoms with Gasteiger partial charge in [-0.2, -0.15) is 0 Å². The monoisotopic (exact) mass is 505 g/mol. The number of ether oxygens (including phenoxy) is 2. The molecule has 2 aromatic carbocycles. The van der Waals surface area contributed by atoms with Crippen molar-refractivity contribution in [1.82, 2.24) is 10.2 Å².